The van der Waals surface area contributed by atoms with E-state index < -0.39 is 11.6 Å². The molecule has 0 radical (unpaired) electrons. The van der Waals surface area contributed by atoms with Crippen molar-refractivity contribution >= 4 is 0 Å². The van der Waals surface area contributed by atoms with Gasteiger partial charge in [0.1, 0.15) is 11.6 Å². The average molecular weight is 244 g/mol. The topological polar surface area (TPSA) is 47.3 Å². The Bertz CT molecular complexity index is 360. The molecule has 3 nitrogen and oxygen atoms in total. The van der Waals surface area contributed by atoms with Crippen molar-refractivity contribution in [3.05, 3.63) is 35.4 Å². The molecule has 0 fully saturated rings. The lowest BCUT2D eigenvalue weighted by atomic mass is 10.0. The van der Waals surface area contributed by atoms with Gasteiger partial charge >= 0.3 is 0 Å². The third-order valence-electron chi connectivity index (χ3n) is 2.74. The second kappa shape index (κ2) is 6.64. The van der Waals surface area contributed by atoms with Crippen LogP contribution < -0.4 is 11.3 Å². The number of halogens is 2. The molecule has 17 heavy (non-hydrogen) atoms. The Morgan fingerprint density at radius 3 is 2.65 bits per heavy atom. The van der Waals surface area contributed by atoms with Crippen molar-refractivity contribution in [2.24, 2.45) is 5.84 Å². The van der Waals surface area contributed by atoms with E-state index in [9.17, 15) is 8.78 Å². The number of rotatable bonds is 6. The van der Waals surface area contributed by atoms with E-state index >= 15 is 0 Å². The van der Waals surface area contributed by atoms with Crippen LogP contribution in [0.25, 0.3) is 0 Å². The number of hydrazine groups is 1. The van der Waals surface area contributed by atoms with Gasteiger partial charge in [0.05, 0.1) is 6.10 Å². The Morgan fingerprint density at radius 2 is 2.12 bits per heavy atom. The van der Waals surface area contributed by atoms with E-state index in [4.69, 9.17) is 10.6 Å². The van der Waals surface area contributed by atoms with E-state index in [1.54, 1.807) is 7.11 Å². The molecule has 3 N–H and O–H groups in total. The number of ether oxygens (including phenoxy) is 1. The zero-order valence-electron chi connectivity index (χ0n) is 10.0. The Balaban J connectivity index is 2.67. The summed E-state index contributed by atoms with van der Waals surface area (Å²) in [6.45, 7) is 1.91. The van der Waals surface area contributed by atoms with Gasteiger partial charge in [0, 0.05) is 19.2 Å². The molecule has 96 valence electrons. The fourth-order valence-electron chi connectivity index (χ4n) is 1.66. The van der Waals surface area contributed by atoms with Crippen LogP contribution in [0.3, 0.4) is 0 Å². The smallest absolute Gasteiger partial charge is 0.129 e. The van der Waals surface area contributed by atoms with E-state index in [-0.39, 0.29) is 12.1 Å². The molecule has 5 heteroatoms. The molecule has 0 aromatic heterocycles. The molecule has 1 aromatic carbocycles. The molecule has 2 unspecified atom stereocenters. The SMILES string of the molecule is COC(C)CC(Cc1ccc(F)cc1F)NN. The molecule has 0 bridgehead atoms. The highest BCUT2D eigenvalue weighted by Gasteiger charge is 2.14. The first-order valence-electron chi connectivity index (χ1n) is 5.49. The number of nitrogens with one attached hydrogen (secondary N) is 1. The maximum Gasteiger partial charge on any atom is 0.129 e. The highest BCUT2D eigenvalue weighted by atomic mass is 19.1. The van der Waals surface area contributed by atoms with Gasteiger partial charge in [-0.3, -0.25) is 11.3 Å². The fourth-order valence-corrected chi connectivity index (χ4v) is 1.66. The first-order chi connectivity index (χ1) is 8.06. The summed E-state index contributed by atoms with van der Waals surface area (Å²) in [6, 6.07) is 3.45. The molecule has 0 aliphatic heterocycles. The third kappa shape index (κ3) is 4.38. The van der Waals surface area contributed by atoms with Gasteiger partial charge in [-0.2, -0.15) is 0 Å². The minimum atomic E-state index is -0.575. The van der Waals surface area contributed by atoms with Crippen LogP contribution in [0.5, 0.6) is 0 Å². The van der Waals surface area contributed by atoms with Crippen LogP contribution in [0.2, 0.25) is 0 Å². The molecule has 0 aliphatic carbocycles. The number of hydrogen-bond donors (Lipinski definition) is 2. The van der Waals surface area contributed by atoms with Crippen LogP contribution in [0.15, 0.2) is 18.2 Å². The molecule has 0 amide bonds. The molecule has 1 aromatic rings. The van der Waals surface area contributed by atoms with Gasteiger partial charge in [0.2, 0.25) is 0 Å². The van der Waals surface area contributed by atoms with Crippen LogP contribution in [-0.2, 0) is 11.2 Å². The first kappa shape index (κ1) is 14.0. The number of hydrogen-bond acceptors (Lipinski definition) is 3. The summed E-state index contributed by atoms with van der Waals surface area (Å²) < 4.78 is 31.3. The predicted octanol–water partition coefficient (Wildman–Crippen LogP) is 1.76. The summed E-state index contributed by atoms with van der Waals surface area (Å²) in [7, 11) is 1.61. The zero-order chi connectivity index (χ0) is 12.8. The highest BCUT2D eigenvalue weighted by molar-refractivity contribution is 5.19. The fraction of sp³-hybridized carbons (Fsp3) is 0.500. The van der Waals surface area contributed by atoms with Gasteiger partial charge in [-0.05, 0) is 31.4 Å². The normalized spacial score (nSPS) is 14.6. The molecule has 1 rings (SSSR count). The van der Waals surface area contributed by atoms with Crippen molar-refractivity contribution in [2.45, 2.75) is 31.9 Å². The van der Waals surface area contributed by atoms with Crippen molar-refractivity contribution in [1.29, 1.82) is 0 Å². The Kier molecular flexibility index (Phi) is 5.47. The Labute approximate surface area is 99.9 Å². The van der Waals surface area contributed by atoms with Gasteiger partial charge in [-0.15, -0.1) is 0 Å². The van der Waals surface area contributed by atoms with Crippen LogP contribution >= 0.6 is 0 Å². The minimum absolute atomic E-state index is 0.0274. The summed E-state index contributed by atoms with van der Waals surface area (Å²) in [5.41, 5.74) is 3.06. The molecule has 0 spiro atoms. The second-order valence-electron chi connectivity index (χ2n) is 4.09. The van der Waals surface area contributed by atoms with E-state index in [1.165, 1.54) is 12.1 Å². The average Bonchev–Trinajstić information content (AvgIpc) is 2.31. The molecule has 0 saturated carbocycles. The van der Waals surface area contributed by atoms with Crippen molar-refractivity contribution in [3.8, 4) is 0 Å². The highest BCUT2D eigenvalue weighted by Crippen LogP contribution is 2.14. The van der Waals surface area contributed by atoms with Crippen molar-refractivity contribution in [3.63, 3.8) is 0 Å². The van der Waals surface area contributed by atoms with Gasteiger partial charge in [0.25, 0.3) is 0 Å². The molecule has 0 aliphatic rings. The first-order valence-corrected chi connectivity index (χ1v) is 5.49. The third-order valence-corrected chi connectivity index (χ3v) is 2.74. The van der Waals surface area contributed by atoms with E-state index in [2.05, 4.69) is 5.43 Å². The van der Waals surface area contributed by atoms with Crippen LogP contribution in [0, 0.1) is 11.6 Å². The zero-order valence-corrected chi connectivity index (χ0v) is 10.0. The summed E-state index contributed by atoms with van der Waals surface area (Å²) in [5.74, 6) is 4.28. The Hall–Kier alpha value is -1.04. The molecule has 0 saturated heterocycles. The van der Waals surface area contributed by atoms with Crippen molar-refractivity contribution in [1.82, 2.24) is 5.43 Å². The number of benzene rings is 1. The maximum absolute atomic E-state index is 13.4. The van der Waals surface area contributed by atoms with Crippen LogP contribution in [0.1, 0.15) is 18.9 Å². The predicted molar refractivity (Wildman–Crippen MR) is 62.3 cm³/mol. The second-order valence-corrected chi connectivity index (χ2v) is 4.09. The lowest BCUT2D eigenvalue weighted by Gasteiger charge is -2.19. The maximum atomic E-state index is 13.4. The van der Waals surface area contributed by atoms with Crippen LogP contribution in [-0.4, -0.2) is 19.3 Å². The summed E-state index contributed by atoms with van der Waals surface area (Å²) in [4.78, 5) is 0. The van der Waals surface area contributed by atoms with Gasteiger partial charge in [-0.25, -0.2) is 8.78 Å². The van der Waals surface area contributed by atoms with Crippen molar-refractivity contribution < 1.29 is 13.5 Å². The summed E-state index contributed by atoms with van der Waals surface area (Å²) in [6.07, 6.45) is 1.08. The molecule has 0 heterocycles. The largest absolute Gasteiger partial charge is 0.382 e. The minimum Gasteiger partial charge on any atom is -0.382 e. The standard InChI is InChI=1S/C12H18F2N2O/c1-8(17-2)5-11(16-15)6-9-3-4-10(13)7-12(9)14/h3-4,7-8,11,16H,5-6,15H2,1-2H3. The molecular formula is C12H18F2N2O. The number of methoxy groups -OCH3 is 1. The van der Waals surface area contributed by atoms with Crippen LogP contribution in [0.4, 0.5) is 8.78 Å². The molecular weight excluding hydrogens is 226 g/mol. The lowest BCUT2D eigenvalue weighted by molar-refractivity contribution is 0.100. The summed E-state index contributed by atoms with van der Waals surface area (Å²) in [5, 5.41) is 0. The molecule has 2 atom stereocenters. The number of nitrogens with two attached hydrogens (primary N) is 1. The Morgan fingerprint density at radius 1 is 1.41 bits per heavy atom. The van der Waals surface area contributed by atoms with Crippen molar-refractivity contribution in [2.75, 3.05) is 7.11 Å². The van der Waals surface area contributed by atoms with Gasteiger partial charge < -0.3 is 4.74 Å². The monoisotopic (exact) mass is 244 g/mol. The quantitative estimate of drug-likeness (QED) is 0.592. The van der Waals surface area contributed by atoms with E-state index in [0.717, 1.165) is 6.07 Å². The van der Waals surface area contributed by atoms with Gasteiger partial charge in [0.15, 0.2) is 0 Å². The van der Waals surface area contributed by atoms with Gasteiger partial charge in [-0.1, -0.05) is 6.07 Å². The summed E-state index contributed by atoms with van der Waals surface area (Å²) >= 11 is 0. The lowest BCUT2D eigenvalue weighted by Crippen LogP contribution is -2.39. The van der Waals surface area contributed by atoms with E-state index in [1.807, 2.05) is 6.92 Å². The van der Waals surface area contributed by atoms with E-state index in [0.29, 0.717) is 18.4 Å².